The van der Waals surface area contributed by atoms with Crippen molar-refractivity contribution in [2.24, 2.45) is 23.7 Å². The van der Waals surface area contributed by atoms with Gasteiger partial charge in [-0.05, 0) is 44.2 Å². The van der Waals surface area contributed by atoms with Crippen LogP contribution in [0.3, 0.4) is 0 Å². The number of carbonyl (C=O) groups excluding carboxylic acids is 1. The minimum atomic E-state index is -0.868. The number of rotatable bonds is 2. The van der Waals surface area contributed by atoms with Crippen molar-refractivity contribution in [2.45, 2.75) is 63.8 Å². The zero-order chi connectivity index (χ0) is 19.8. The molecule has 0 N–H and O–H groups in total. The lowest BCUT2D eigenvalue weighted by Crippen LogP contribution is -2.70. The van der Waals surface area contributed by atoms with E-state index in [-0.39, 0.29) is 23.7 Å². The lowest BCUT2D eigenvalue weighted by atomic mass is 9.58. The van der Waals surface area contributed by atoms with E-state index in [4.69, 9.17) is 19.2 Å². The maximum Gasteiger partial charge on any atom is 0.313 e. The van der Waals surface area contributed by atoms with Crippen molar-refractivity contribution in [3.63, 3.8) is 0 Å². The Morgan fingerprint density at radius 2 is 2.03 bits per heavy atom. The molecule has 154 valence electrons. The molecule has 0 unspecified atom stereocenters. The molecular formula is C21H25N3O5. The molecule has 2 bridgehead atoms. The monoisotopic (exact) mass is 399 g/mol. The number of para-hydroxylation sites is 1. The van der Waals surface area contributed by atoms with Gasteiger partial charge < -0.3 is 9.47 Å². The summed E-state index contributed by atoms with van der Waals surface area (Å²) in [7, 11) is 0. The van der Waals surface area contributed by atoms with Crippen LogP contribution < -0.4 is 0 Å². The summed E-state index contributed by atoms with van der Waals surface area (Å²) < 4.78 is 13.9. The minimum absolute atomic E-state index is 0.0550. The summed E-state index contributed by atoms with van der Waals surface area (Å²) in [6.07, 6.45) is 2.84. The molecular weight excluding hydrogens is 374 g/mol. The van der Waals surface area contributed by atoms with Crippen LogP contribution in [0.15, 0.2) is 24.3 Å². The standard InChI is InChI=1S/C21H25N3O5/c1-12-7-8-15-13(11-24-17-6-4-3-5-16(17)22-23-24)18(25)26-19-21(15)14(12)9-10-20(2,27-19)28-29-21/h3-6,12-15,19H,7-11H2,1-2H3/t12-,13+,14+,15+,19-,20-,21-/m1/s1. The third-order valence-corrected chi connectivity index (χ3v) is 7.58. The van der Waals surface area contributed by atoms with Gasteiger partial charge in [0.1, 0.15) is 5.52 Å². The molecule has 1 spiro atoms. The molecule has 7 rings (SSSR count). The number of fused-ring (bicyclic) bond motifs is 3. The van der Waals surface area contributed by atoms with Crippen LogP contribution in [0.2, 0.25) is 0 Å². The van der Waals surface area contributed by atoms with E-state index in [0.29, 0.717) is 12.5 Å². The number of aromatic nitrogens is 3. The van der Waals surface area contributed by atoms with Gasteiger partial charge in [0.2, 0.25) is 12.1 Å². The number of benzene rings is 1. The van der Waals surface area contributed by atoms with Crippen LogP contribution in [-0.2, 0) is 30.6 Å². The van der Waals surface area contributed by atoms with Crippen LogP contribution in [0, 0.1) is 23.7 Å². The van der Waals surface area contributed by atoms with Crippen LogP contribution in [0.1, 0.15) is 39.5 Å². The van der Waals surface area contributed by atoms with Gasteiger partial charge >= 0.3 is 5.97 Å². The smallest absolute Gasteiger partial charge is 0.313 e. The SMILES string of the molecule is C[C@@H]1CC[C@H]2[C@H](Cn3nnc4ccccc43)C(=O)O[C@@H]3O[C@@]4(C)CC[C@@H]1[C@]32OO4. The molecule has 1 aromatic heterocycles. The first-order valence-electron chi connectivity index (χ1n) is 10.5. The summed E-state index contributed by atoms with van der Waals surface area (Å²) in [4.78, 5) is 25.1. The normalized spacial score (nSPS) is 43.7. The van der Waals surface area contributed by atoms with E-state index in [0.717, 1.165) is 36.7 Å². The Bertz CT molecular complexity index is 978. The molecule has 5 heterocycles. The van der Waals surface area contributed by atoms with E-state index >= 15 is 0 Å². The number of esters is 1. The fourth-order valence-electron chi connectivity index (χ4n) is 6.06. The topological polar surface area (TPSA) is 84.7 Å². The molecule has 8 heteroatoms. The molecule has 1 aromatic carbocycles. The summed E-state index contributed by atoms with van der Waals surface area (Å²) in [5.41, 5.74) is 0.961. The highest BCUT2D eigenvalue weighted by Gasteiger charge is 2.70. The van der Waals surface area contributed by atoms with Crippen LogP contribution in [0.4, 0.5) is 0 Å². The van der Waals surface area contributed by atoms with Gasteiger partial charge in [0, 0.05) is 18.3 Å². The van der Waals surface area contributed by atoms with Crippen molar-refractivity contribution in [3.05, 3.63) is 24.3 Å². The van der Waals surface area contributed by atoms with Crippen molar-refractivity contribution in [2.75, 3.05) is 0 Å². The molecule has 1 saturated carbocycles. The van der Waals surface area contributed by atoms with Crippen molar-refractivity contribution < 1.29 is 24.0 Å². The molecule has 29 heavy (non-hydrogen) atoms. The van der Waals surface area contributed by atoms with Crippen LogP contribution >= 0.6 is 0 Å². The minimum Gasteiger partial charge on any atom is -0.432 e. The van der Waals surface area contributed by atoms with Crippen LogP contribution in [0.25, 0.3) is 11.0 Å². The molecule has 2 aromatic rings. The quantitative estimate of drug-likeness (QED) is 0.567. The Morgan fingerprint density at radius 1 is 1.17 bits per heavy atom. The molecule has 5 aliphatic rings. The van der Waals surface area contributed by atoms with E-state index in [1.807, 2.05) is 31.2 Å². The second-order valence-electron chi connectivity index (χ2n) is 9.21. The molecule has 4 saturated heterocycles. The van der Waals surface area contributed by atoms with Crippen LogP contribution in [0.5, 0.6) is 0 Å². The largest absolute Gasteiger partial charge is 0.432 e. The molecule has 0 radical (unpaired) electrons. The van der Waals surface area contributed by atoms with Gasteiger partial charge in [-0.15, -0.1) is 5.10 Å². The van der Waals surface area contributed by atoms with E-state index in [2.05, 4.69) is 17.2 Å². The van der Waals surface area contributed by atoms with E-state index in [1.165, 1.54) is 0 Å². The highest BCUT2D eigenvalue weighted by atomic mass is 17.3. The predicted molar refractivity (Wildman–Crippen MR) is 99.9 cm³/mol. The van der Waals surface area contributed by atoms with Crippen molar-refractivity contribution in [1.82, 2.24) is 15.0 Å². The number of ether oxygens (including phenoxy) is 2. The number of nitrogens with zero attached hydrogens (tertiary/aromatic N) is 3. The van der Waals surface area contributed by atoms with Gasteiger partial charge in [0.05, 0.1) is 18.0 Å². The fraction of sp³-hybridized carbons (Fsp3) is 0.667. The Hall–Kier alpha value is -2.03. The molecule has 7 atom stereocenters. The molecule has 5 fully saturated rings. The van der Waals surface area contributed by atoms with Gasteiger partial charge in [-0.2, -0.15) is 0 Å². The first-order valence-corrected chi connectivity index (χ1v) is 10.5. The van der Waals surface area contributed by atoms with Crippen molar-refractivity contribution in [1.29, 1.82) is 0 Å². The molecule has 8 nitrogen and oxygen atoms in total. The molecule has 1 aliphatic carbocycles. The zero-order valence-electron chi connectivity index (χ0n) is 16.6. The zero-order valence-corrected chi connectivity index (χ0v) is 16.6. The summed E-state index contributed by atoms with van der Waals surface area (Å²) in [6.45, 7) is 4.52. The first-order chi connectivity index (χ1) is 14.0. The summed E-state index contributed by atoms with van der Waals surface area (Å²) in [5, 5.41) is 8.52. The van der Waals surface area contributed by atoms with Gasteiger partial charge in [0.15, 0.2) is 5.60 Å². The summed E-state index contributed by atoms with van der Waals surface area (Å²) in [6, 6.07) is 7.77. The van der Waals surface area contributed by atoms with E-state index in [1.54, 1.807) is 4.68 Å². The molecule has 4 aliphatic heterocycles. The predicted octanol–water partition coefficient (Wildman–Crippen LogP) is 2.82. The highest BCUT2D eigenvalue weighted by Crippen LogP contribution is 2.60. The lowest BCUT2D eigenvalue weighted by Gasteiger charge is -2.58. The Balaban J connectivity index is 1.41. The summed E-state index contributed by atoms with van der Waals surface area (Å²) >= 11 is 0. The fourth-order valence-corrected chi connectivity index (χ4v) is 6.06. The Labute approximate surface area is 168 Å². The second kappa shape index (κ2) is 6.00. The highest BCUT2D eigenvalue weighted by molar-refractivity contribution is 5.76. The van der Waals surface area contributed by atoms with Crippen LogP contribution in [-0.4, -0.2) is 38.6 Å². The van der Waals surface area contributed by atoms with Crippen molar-refractivity contribution in [3.8, 4) is 0 Å². The van der Waals surface area contributed by atoms with Gasteiger partial charge in [-0.25, -0.2) is 14.5 Å². The Kier molecular flexibility index (Phi) is 3.68. The van der Waals surface area contributed by atoms with Crippen molar-refractivity contribution >= 4 is 17.0 Å². The van der Waals surface area contributed by atoms with Gasteiger partial charge in [-0.1, -0.05) is 24.3 Å². The maximum atomic E-state index is 13.1. The summed E-state index contributed by atoms with van der Waals surface area (Å²) in [5.74, 6) is -0.892. The number of hydrogen-bond acceptors (Lipinski definition) is 7. The van der Waals surface area contributed by atoms with E-state index in [9.17, 15) is 4.79 Å². The third kappa shape index (κ3) is 2.39. The van der Waals surface area contributed by atoms with Gasteiger partial charge in [-0.3, -0.25) is 4.79 Å². The average Bonchev–Trinajstić information content (AvgIpc) is 2.98. The van der Waals surface area contributed by atoms with Gasteiger partial charge in [0.25, 0.3) is 0 Å². The first kappa shape index (κ1) is 17.8. The molecule has 0 amide bonds. The maximum absolute atomic E-state index is 13.1. The number of carbonyl (C=O) groups is 1. The lowest BCUT2D eigenvalue weighted by molar-refractivity contribution is -0.559. The number of hydrogen-bond donors (Lipinski definition) is 0. The third-order valence-electron chi connectivity index (χ3n) is 7.58. The van der Waals surface area contributed by atoms with E-state index < -0.39 is 17.7 Å². The Morgan fingerprint density at radius 3 is 2.93 bits per heavy atom. The second-order valence-corrected chi connectivity index (χ2v) is 9.21. The average molecular weight is 399 g/mol.